The lowest BCUT2D eigenvalue weighted by Crippen LogP contribution is -2.14. The summed E-state index contributed by atoms with van der Waals surface area (Å²) in [6, 6.07) is 19.8. The monoisotopic (exact) mass is 565 g/mol. The highest BCUT2D eigenvalue weighted by Gasteiger charge is 2.33. The molecule has 0 fully saturated rings. The van der Waals surface area contributed by atoms with Gasteiger partial charge in [0.1, 0.15) is 28.7 Å². The van der Waals surface area contributed by atoms with Crippen molar-refractivity contribution in [3.05, 3.63) is 92.5 Å². The molecule has 1 heterocycles. The molecule has 1 amide bonds. The summed E-state index contributed by atoms with van der Waals surface area (Å²) >= 11 is 4.62. The molecule has 1 aliphatic heterocycles. The topological polar surface area (TPSA) is 85.2 Å². The Balaban J connectivity index is 1.57. The van der Waals surface area contributed by atoms with E-state index in [9.17, 15) is 14.7 Å². The van der Waals surface area contributed by atoms with Gasteiger partial charge in [-0.05, 0) is 63.0 Å². The Kier molecular flexibility index (Phi) is 8.28. The molecule has 0 saturated carbocycles. The molecular weight excluding hydrogens is 542 g/mol. The predicted molar refractivity (Wildman–Crippen MR) is 147 cm³/mol. The lowest BCUT2D eigenvalue weighted by atomic mass is 10.1. The summed E-state index contributed by atoms with van der Waals surface area (Å²) in [4.78, 5) is 28.7. The molecular formula is C28H24BrNO5S. The molecule has 0 aromatic heterocycles. The lowest BCUT2D eigenvalue weighted by Gasteiger charge is -2.11. The summed E-state index contributed by atoms with van der Waals surface area (Å²) in [5.74, 6) is -0.684. The van der Waals surface area contributed by atoms with E-state index in [4.69, 9.17) is 9.47 Å². The van der Waals surface area contributed by atoms with Gasteiger partial charge in [-0.1, -0.05) is 67.2 Å². The second kappa shape index (κ2) is 11.6. The van der Waals surface area contributed by atoms with Gasteiger partial charge in [0.25, 0.3) is 0 Å². The van der Waals surface area contributed by atoms with E-state index in [-0.39, 0.29) is 35.3 Å². The zero-order valence-corrected chi connectivity index (χ0v) is 22.2. The van der Waals surface area contributed by atoms with Crippen molar-refractivity contribution in [3.63, 3.8) is 0 Å². The third kappa shape index (κ3) is 5.71. The number of hydrogen-bond donors (Lipinski definition) is 1. The van der Waals surface area contributed by atoms with E-state index in [1.807, 2.05) is 42.5 Å². The maximum atomic E-state index is 12.4. The minimum Gasteiger partial charge on any atom is -0.506 e. The van der Waals surface area contributed by atoms with Crippen molar-refractivity contribution in [2.24, 2.45) is 4.99 Å². The van der Waals surface area contributed by atoms with E-state index in [0.29, 0.717) is 17.3 Å². The predicted octanol–water partition coefficient (Wildman–Crippen LogP) is 6.98. The maximum Gasteiger partial charge on any atom is 0.344 e. The fourth-order valence-electron chi connectivity index (χ4n) is 3.63. The first-order valence-corrected chi connectivity index (χ1v) is 13.0. The zero-order chi connectivity index (χ0) is 25.7. The smallest absolute Gasteiger partial charge is 0.344 e. The molecule has 4 rings (SSSR count). The van der Waals surface area contributed by atoms with Crippen molar-refractivity contribution >= 4 is 61.5 Å². The van der Waals surface area contributed by atoms with Crippen LogP contribution in [0.2, 0.25) is 0 Å². The highest BCUT2D eigenvalue weighted by Crippen LogP contribution is 2.40. The van der Waals surface area contributed by atoms with Gasteiger partial charge in [0.15, 0.2) is 0 Å². The van der Waals surface area contributed by atoms with E-state index >= 15 is 0 Å². The van der Waals surface area contributed by atoms with Crippen LogP contribution in [0.3, 0.4) is 0 Å². The average Bonchev–Trinajstić information content (AvgIpc) is 3.17. The Bertz CT molecular complexity index is 1420. The number of fused-ring (bicyclic) bond motifs is 1. The Labute approximate surface area is 221 Å². The first-order valence-electron chi connectivity index (χ1n) is 11.4. The summed E-state index contributed by atoms with van der Waals surface area (Å²) in [5.41, 5.74) is 1.76. The van der Waals surface area contributed by atoms with Crippen LogP contribution in [0.5, 0.6) is 5.75 Å². The molecule has 1 N–H and O–H groups in total. The van der Waals surface area contributed by atoms with E-state index in [1.165, 1.54) is 0 Å². The van der Waals surface area contributed by atoms with Gasteiger partial charge in [0, 0.05) is 6.42 Å². The second-order valence-corrected chi connectivity index (χ2v) is 9.72. The molecule has 0 atom stereocenters. The Morgan fingerprint density at radius 3 is 2.61 bits per heavy atom. The van der Waals surface area contributed by atoms with Gasteiger partial charge >= 0.3 is 5.97 Å². The molecule has 1 aliphatic rings. The van der Waals surface area contributed by atoms with Gasteiger partial charge < -0.3 is 14.6 Å². The zero-order valence-electron chi connectivity index (χ0n) is 19.8. The van der Waals surface area contributed by atoms with Gasteiger partial charge in [-0.25, -0.2) is 9.79 Å². The number of halogens is 1. The fraction of sp³-hybridized carbons (Fsp3) is 0.179. The third-order valence-corrected chi connectivity index (χ3v) is 7.06. The number of esters is 1. The molecule has 0 radical (unpaired) electrons. The number of hydrogen-bond acceptors (Lipinski definition) is 6. The van der Waals surface area contributed by atoms with Crippen LogP contribution in [0, 0.1) is 0 Å². The van der Waals surface area contributed by atoms with Crippen molar-refractivity contribution in [1.82, 2.24) is 0 Å². The minimum absolute atomic E-state index is 0.0935. The maximum absolute atomic E-state index is 12.4. The van der Waals surface area contributed by atoms with Crippen molar-refractivity contribution in [1.29, 1.82) is 0 Å². The third-order valence-electron chi connectivity index (χ3n) is 5.42. The van der Waals surface area contributed by atoms with Crippen LogP contribution >= 0.6 is 27.7 Å². The number of carbonyl (C=O) groups is 2. The lowest BCUT2D eigenvalue weighted by molar-refractivity contribution is -0.138. The van der Waals surface area contributed by atoms with Gasteiger partial charge in [-0.2, -0.15) is 0 Å². The fourth-order valence-corrected chi connectivity index (χ4v) is 5.18. The van der Waals surface area contributed by atoms with Crippen LogP contribution in [0.25, 0.3) is 16.8 Å². The summed E-state index contributed by atoms with van der Waals surface area (Å²) < 4.78 is 11.9. The Hall–Kier alpha value is -3.36. The number of amides is 1. The average molecular weight is 566 g/mol. The molecule has 0 unspecified atom stereocenters. The summed E-state index contributed by atoms with van der Waals surface area (Å²) in [5, 5.41) is 13.2. The number of carbonyl (C=O) groups excluding carboxylic acids is 2. The number of rotatable bonds is 7. The van der Waals surface area contributed by atoms with Crippen molar-refractivity contribution in [3.8, 4) is 5.75 Å². The largest absolute Gasteiger partial charge is 0.506 e. The standard InChI is InChI=1S/C28H24BrNO5S/c1-3-24(31)30-27-25(28(33)34-4-2)26(32)23(36-27)15-17-12-13-22(21(29)14-17)35-16-19-10-7-9-18-8-5-6-11-20(18)19/h5-15,32H,3-4,16H2,1-2H3/b23-15-,30-27?. The van der Waals surface area contributed by atoms with Crippen molar-refractivity contribution in [2.45, 2.75) is 26.9 Å². The summed E-state index contributed by atoms with van der Waals surface area (Å²) in [6.07, 6.45) is 1.91. The van der Waals surface area contributed by atoms with E-state index in [1.54, 1.807) is 19.9 Å². The number of thioether (sulfide) groups is 1. The molecule has 0 bridgehead atoms. The number of ether oxygens (including phenoxy) is 2. The second-order valence-electron chi connectivity index (χ2n) is 7.84. The summed E-state index contributed by atoms with van der Waals surface area (Å²) in [6.45, 7) is 3.90. The van der Waals surface area contributed by atoms with Crippen molar-refractivity contribution < 1.29 is 24.2 Å². The number of aliphatic imine (C=N–C) groups is 1. The molecule has 3 aromatic rings. The molecule has 3 aromatic carbocycles. The van der Waals surface area contributed by atoms with E-state index in [0.717, 1.165) is 38.1 Å². The molecule has 36 heavy (non-hydrogen) atoms. The molecule has 0 spiro atoms. The van der Waals surface area contributed by atoms with Gasteiger partial charge in [0.2, 0.25) is 5.91 Å². The SMILES string of the molecule is CCOC(=O)C1=C(O)/C(=C/c2ccc(OCc3cccc4ccccc34)c(Br)c2)SC1=NC(=O)CC. The van der Waals surface area contributed by atoms with E-state index in [2.05, 4.69) is 39.1 Å². The Morgan fingerprint density at radius 2 is 1.86 bits per heavy atom. The summed E-state index contributed by atoms with van der Waals surface area (Å²) in [7, 11) is 0. The van der Waals surface area contributed by atoms with Crippen molar-refractivity contribution in [2.75, 3.05) is 6.61 Å². The number of nitrogens with zero attached hydrogens (tertiary/aromatic N) is 1. The minimum atomic E-state index is -0.716. The number of benzene rings is 3. The van der Waals surface area contributed by atoms with Crippen LogP contribution in [-0.2, 0) is 20.9 Å². The van der Waals surface area contributed by atoms with Gasteiger partial charge in [-0.3, -0.25) is 4.79 Å². The van der Waals surface area contributed by atoms with Gasteiger partial charge in [0.05, 0.1) is 16.0 Å². The van der Waals surface area contributed by atoms with Crippen LogP contribution in [0.15, 0.2) is 86.4 Å². The van der Waals surface area contributed by atoms with Crippen LogP contribution < -0.4 is 4.74 Å². The molecule has 184 valence electrons. The quantitative estimate of drug-likeness (QED) is 0.311. The first kappa shape index (κ1) is 25.7. The molecule has 6 nitrogen and oxygen atoms in total. The molecule has 8 heteroatoms. The van der Waals surface area contributed by atoms with Crippen LogP contribution in [-0.4, -0.2) is 28.6 Å². The molecule has 0 aliphatic carbocycles. The van der Waals surface area contributed by atoms with Gasteiger partial charge in [-0.15, -0.1) is 0 Å². The molecule has 0 saturated heterocycles. The highest BCUT2D eigenvalue weighted by molar-refractivity contribution is 9.10. The Morgan fingerprint density at radius 1 is 1.08 bits per heavy atom. The first-order chi connectivity index (χ1) is 17.4. The highest BCUT2D eigenvalue weighted by atomic mass is 79.9. The number of aliphatic hydroxyl groups excluding tert-OH is 1. The normalized spacial score (nSPS) is 15.6. The van der Waals surface area contributed by atoms with Crippen LogP contribution in [0.4, 0.5) is 0 Å². The number of aliphatic hydroxyl groups is 1. The van der Waals surface area contributed by atoms with E-state index < -0.39 is 5.97 Å². The van der Waals surface area contributed by atoms with Crippen LogP contribution in [0.1, 0.15) is 31.4 Å².